The van der Waals surface area contributed by atoms with E-state index in [1.165, 1.54) is 22.9 Å². The highest BCUT2D eigenvalue weighted by molar-refractivity contribution is 5.92. The summed E-state index contributed by atoms with van der Waals surface area (Å²) < 4.78 is 14.7. The average Bonchev–Trinajstić information content (AvgIpc) is 3.03. The molecule has 25 heavy (non-hydrogen) atoms. The first-order valence-electron chi connectivity index (χ1n) is 7.73. The highest BCUT2D eigenvalue weighted by Gasteiger charge is 2.12. The molecule has 0 aliphatic rings. The Hall–Kier alpha value is -3.22. The van der Waals surface area contributed by atoms with Crippen LogP contribution in [0.1, 0.15) is 27.3 Å². The van der Waals surface area contributed by atoms with Crippen LogP contribution in [0.25, 0.3) is 5.69 Å². The summed E-state index contributed by atoms with van der Waals surface area (Å²) in [5.74, 6) is -0.789. The quantitative estimate of drug-likeness (QED) is 0.764. The van der Waals surface area contributed by atoms with Gasteiger partial charge in [-0.15, -0.1) is 0 Å². The molecule has 2 N–H and O–H groups in total. The largest absolute Gasteiger partial charge is 0.346 e. The Morgan fingerprint density at radius 2 is 2.08 bits per heavy atom. The smallest absolute Gasteiger partial charge is 0.272 e. The van der Waals surface area contributed by atoms with E-state index in [1.807, 2.05) is 13.0 Å². The Morgan fingerprint density at radius 1 is 1.28 bits per heavy atom. The van der Waals surface area contributed by atoms with E-state index in [-0.39, 0.29) is 23.6 Å². The van der Waals surface area contributed by atoms with Crippen LogP contribution < -0.4 is 10.9 Å². The van der Waals surface area contributed by atoms with Crippen molar-refractivity contribution in [3.05, 3.63) is 81.3 Å². The maximum absolute atomic E-state index is 13.3. The minimum atomic E-state index is -0.408. The van der Waals surface area contributed by atoms with Gasteiger partial charge in [0.15, 0.2) is 5.69 Å². The standard InChI is InChI=1S/C18H17FN4O2/c1-11-8-12(2)21-17(24)15(11)10-20-18(25)16-6-7-23(22-16)14-5-3-4-13(19)9-14/h3-9H,10H2,1-2H3,(H,20,25)(H,21,24). The molecule has 0 aliphatic carbocycles. The molecule has 0 saturated heterocycles. The molecule has 1 amide bonds. The van der Waals surface area contributed by atoms with Crippen LogP contribution in [0.5, 0.6) is 0 Å². The van der Waals surface area contributed by atoms with Crippen LogP contribution in [-0.2, 0) is 6.54 Å². The number of carbonyl (C=O) groups is 1. The second kappa shape index (κ2) is 6.72. The van der Waals surface area contributed by atoms with Gasteiger partial charge in [0.2, 0.25) is 0 Å². The van der Waals surface area contributed by atoms with Gasteiger partial charge in [-0.1, -0.05) is 6.07 Å². The topological polar surface area (TPSA) is 79.8 Å². The summed E-state index contributed by atoms with van der Waals surface area (Å²) in [6.45, 7) is 3.73. The molecule has 2 aromatic heterocycles. The van der Waals surface area contributed by atoms with Gasteiger partial charge in [0.1, 0.15) is 5.82 Å². The minimum Gasteiger partial charge on any atom is -0.346 e. The monoisotopic (exact) mass is 340 g/mol. The summed E-state index contributed by atoms with van der Waals surface area (Å²) in [6.07, 6.45) is 1.58. The van der Waals surface area contributed by atoms with Crippen molar-refractivity contribution >= 4 is 5.91 Å². The average molecular weight is 340 g/mol. The molecule has 7 heteroatoms. The summed E-state index contributed by atoms with van der Waals surface area (Å²) >= 11 is 0. The fourth-order valence-electron chi connectivity index (χ4n) is 2.57. The van der Waals surface area contributed by atoms with Crippen molar-refractivity contribution in [3.63, 3.8) is 0 Å². The molecule has 3 aromatic rings. The summed E-state index contributed by atoms with van der Waals surface area (Å²) in [7, 11) is 0. The number of aromatic nitrogens is 3. The van der Waals surface area contributed by atoms with Crippen molar-refractivity contribution < 1.29 is 9.18 Å². The maximum atomic E-state index is 13.3. The second-order valence-electron chi connectivity index (χ2n) is 5.75. The van der Waals surface area contributed by atoms with Crippen molar-refractivity contribution in [3.8, 4) is 5.69 Å². The van der Waals surface area contributed by atoms with Gasteiger partial charge in [0, 0.05) is 24.0 Å². The molecule has 1 aromatic carbocycles. The van der Waals surface area contributed by atoms with Gasteiger partial charge < -0.3 is 10.3 Å². The predicted molar refractivity (Wildman–Crippen MR) is 91.2 cm³/mol. The third-order valence-electron chi connectivity index (χ3n) is 3.81. The van der Waals surface area contributed by atoms with Gasteiger partial charge in [-0.25, -0.2) is 9.07 Å². The molecule has 0 spiro atoms. The number of aryl methyl sites for hydroxylation is 2. The lowest BCUT2D eigenvalue weighted by molar-refractivity contribution is 0.0945. The van der Waals surface area contributed by atoms with Crippen LogP contribution in [0.3, 0.4) is 0 Å². The molecule has 2 heterocycles. The maximum Gasteiger partial charge on any atom is 0.272 e. The van der Waals surface area contributed by atoms with E-state index in [9.17, 15) is 14.0 Å². The number of rotatable bonds is 4. The Balaban J connectivity index is 1.74. The van der Waals surface area contributed by atoms with Gasteiger partial charge in [-0.2, -0.15) is 5.10 Å². The first-order chi connectivity index (χ1) is 11.9. The first-order valence-corrected chi connectivity index (χ1v) is 7.73. The van der Waals surface area contributed by atoms with E-state index in [0.717, 1.165) is 11.3 Å². The third kappa shape index (κ3) is 3.65. The minimum absolute atomic E-state index is 0.104. The number of nitrogens with one attached hydrogen (secondary N) is 2. The summed E-state index contributed by atoms with van der Waals surface area (Å²) in [5.41, 5.74) is 2.57. The zero-order valence-electron chi connectivity index (χ0n) is 13.8. The highest BCUT2D eigenvalue weighted by Crippen LogP contribution is 2.10. The first kappa shape index (κ1) is 16.6. The van der Waals surface area contributed by atoms with Gasteiger partial charge >= 0.3 is 0 Å². The van der Waals surface area contributed by atoms with Crippen molar-refractivity contribution in [2.24, 2.45) is 0 Å². The van der Waals surface area contributed by atoms with Crippen molar-refractivity contribution in [1.82, 2.24) is 20.1 Å². The molecule has 0 aliphatic heterocycles. The number of halogens is 1. The van der Waals surface area contributed by atoms with Gasteiger partial charge in [0.05, 0.1) is 5.69 Å². The van der Waals surface area contributed by atoms with E-state index in [0.29, 0.717) is 11.3 Å². The van der Waals surface area contributed by atoms with Crippen molar-refractivity contribution in [2.45, 2.75) is 20.4 Å². The molecule has 128 valence electrons. The van der Waals surface area contributed by atoms with Crippen LogP contribution in [0.4, 0.5) is 4.39 Å². The number of aromatic amines is 1. The van der Waals surface area contributed by atoms with Crippen molar-refractivity contribution in [2.75, 3.05) is 0 Å². The number of amides is 1. The number of hydrogen-bond acceptors (Lipinski definition) is 3. The molecule has 0 bridgehead atoms. The van der Waals surface area contributed by atoms with Gasteiger partial charge in [-0.3, -0.25) is 9.59 Å². The summed E-state index contributed by atoms with van der Waals surface area (Å²) in [6, 6.07) is 9.30. The van der Waals surface area contributed by atoms with E-state index in [4.69, 9.17) is 0 Å². The van der Waals surface area contributed by atoms with E-state index < -0.39 is 5.91 Å². The zero-order valence-corrected chi connectivity index (χ0v) is 13.8. The number of carbonyl (C=O) groups excluding carboxylic acids is 1. The number of nitrogens with zero attached hydrogens (tertiary/aromatic N) is 2. The SMILES string of the molecule is Cc1cc(C)c(CNC(=O)c2ccn(-c3cccc(F)c3)n2)c(=O)[nH]1. The van der Waals surface area contributed by atoms with E-state index >= 15 is 0 Å². The van der Waals surface area contributed by atoms with Crippen LogP contribution in [0, 0.1) is 19.7 Å². The Kier molecular flexibility index (Phi) is 4.47. The molecule has 0 unspecified atom stereocenters. The van der Waals surface area contributed by atoms with Crippen LogP contribution >= 0.6 is 0 Å². The van der Waals surface area contributed by atoms with Gasteiger partial charge in [-0.05, 0) is 49.7 Å². The van der Waals surface area contributed by atoms with Crippen molar-refractivity contribution in [1.29, 1.82) is 0 Å². The Bertz CT molecular complexity index is 991. The summed E-state index contributed by atoms with van der Waals surface area (Å²) in [5, 5.41) is 6.83. The molecule has 0 saturated carbocycles. The molecule has 0 fully saturated rings. The third-order valence-corrected chi connectivity index (χ3v) is 3.81. The number of pyridine rings is 1. The van der Waals surface area contributed by atoms with Crippen LogP contribution in [-0.4, -0.2) is 20.7 Å². The van der Waals surface area contributed by atoms with E-state index in [1.54, 1.807) is 25.3 Å². The fraction of sp³-hybridized carbons (Fsp3) is 0.167. The molecular weight excluding hydrogens is 323 g/mol. The lowest BCUT2D eigenvalue weighted by Crippen LogP contribution is -2.28. The molecular formula is C18H17FN4O2. The Morgan fingerprint density at radius 3 is 2.80 bits per heavy atom. The fourth-order valence-corrected chi connectivity index (χ4v) is 2.57. The number of H-pyrrole nitrogens is 1. The normalized spacial score (nSPS) is 10.7. The zero-order chi connectivity index (χ0) is 18.0. The van der Waals surface area contributed by atoms with Crippen LogP contribution in [0.15, 0.2) is 47.4 Å². The van der Waals surface area contributed by atoms with E-state index in [2.05, 4.69) is 15.4 Å². The van der Waals surface area contributed by atoms with Gasteiger partial charge in [0.25, 0.3) is 11.5 Å². The number of benzene rings is 1. The molecule has 0 radical (unpaired) electrons. The Labute approximate surface area is 143 Å². The highest BCUT2D eigenvalue weighted by atomic mass is 19.1. The second-order valence-corrected chi connectivity index (χ2v) is 5.75. The van der Waals surface area contributed by atoms with Crippen LogP contribution in [0.2, 0.25) is 0 Å². The molecule has 6 nitrogen and oxygen atoms in total. The molecule has 3 rings (SSSR count). The predicted octanol–water partition coefficient (Wildman–Crippen LogP) is 2.25. The summed E-state index contributed by atoms with van der Waals surface area (Å²) in [4.78, 5) is 26.9. The lowest BCUT2D eigenvalue weighted by atomic mass is 10.1. The number of hydrogen-bond donors (Lipinski definition) is 2. The lowest BCUT2D eigenvalue weighted by Gasteiger charge is -2.07. The molecule has 0 atom stereocenters.